The van der Waals surface area contributed by atoms with Gasteiger partial charge in [0.05, 0.1) is 24.4 Å². The zero-order chi connectivity index (χ0) is 15.9. The lowest BCUT2D eigenvalue weighted by atomic mass is 9.66. The average Bonchev–Trinajstić information content (AvgIpc) is 2.66. The van der Waals surface area contributed by atoms with Gasteiger partial charge in [-0.1, -0.05) is 6.08 Å². The second-order valence-corrected chi connectivity index (χ2v) is 6.76. The molecule has 2 aliphatic rings. The fourth-order valence-electron chi connectivity index (χ4n) is 2.60. The number of hydrogen-bond donors (Lipinski definition) is 0. The van der Waals surface area contributed by atoms with Crippen LogP contribution in [-0.2, 0) is 18.8 Å². The molecule has 0 saturated carbocycles. The lowest BCUT2D eigenvalue weighted by Crippen LogP contribution is -2.41. The van der Waals surface area contributed by atoms with Crippen LogP contribution in [0.2, 0.25) is 0 Å². The molecular formula is C15H22BNO4. The standard InChI is InChI=1S/C15H22BNO4/c1-13(2)14(3,4)21-16(20-13)11-6-8-15(10-17,9-7-11)12(18)19-5/h6H,7-9H2,1-5H3. The fraction of sp³-hybridized carbons (Fsp3) is 0.733. The first-order valence-corrected chi connectivity index (χ1v) is 7.22. The Morgan fingerprint density at radius 1 is 1.33 bits per heavy atom. The second kappa shape index (κ2) is 5.15. The number of nitrogens with zero attached hydrogens (tertiary/aromatic N) is 1. The van der Waals surface area contributed by atoms with Crippen molar-refractivity contribution in [2.75, 3.05) is 7.11 Å². The average molecular weight is 291 g/mol. The van der Waals surface area contributed by atoms with Gasteiger partial charge in [0.2, 0.25) is 0 Å². The lowest BCUT2D eigenvalue weighted by Gasteiger charge is -2.32. The Morgan fingerprint density at radius 3 is 2.29 bits per heavy atom. The Balaban J connectivity index is 2.15. The third kappa shape index (κ3) is 2.61. The molecule has 2 rings (SSSR count). The Morgan fingerprint density at radius 2 is 1.90 bits per heavy atom. The van der Waals surface area contributed by atoms with E-state index in [9.17, 15) is 10.1 Å². The molecule has 0 spiro atoms. The third-order valence-corrected chi connectivity index (χ3v) is 4.90. The molecule has 5 nitrogen and oxygen atoms in total. The maximum absolute atomic E-state index is 11.8. The van der Waals surface area contributed by atoms with Gasteiger partial charge in [-0.2, -0.15) is 5.26 Å². The molecule has 0 N–H and O–H groups in total. The highest BCUT2D eigenvalue weighted by molar-refractivity contribution is 6.54. The van der Waals surface area contributed by atoms with Crippen molar-refractivity contribution in [1.29, 1.82) is 5.26 Å². The van der Waals surface area contributed by atoms with E-state index in [-0.39, 0.29) is 11.2 Å². The summed E-state index contributed by atoms with van der Waals surface area (Å²) in [7, 11) is 0.916. The van der Waals surface area contributed by atoms with Gasteiger partial charge in [0.25, 0.3) is 0 Å². The summed E-state index contributed by atoms with van der Waals surface area (Å²) >= 11 is 0. The van der Waals surface area contributed by atoms with Crippen LogP contribution in [0.1, 0.15) is 47.0 Å². The van der Waals surface area contributed by atoms with E-state index >= 15 is 0 Å². The van der Waals surface area contributed by atoms with Crippen LogP contribution in [0.3, 0.4) is 0 Å². The SMILES string of the molecule is COC(=O)C1(C#N)CC=C(B2OC(C)(C)C(C)(C)O2)CC1. The minimum Gasteiger partial charge on any atom is -0.468 e. The topological polar surface area (TPSA) is 68.6 Å². The Bertz CT molecular complexity index is 504. The van der Waals surface area contributed by atoms with Crippen molar-refractivity contribution >= 4 is 13.1 Å². The number of carbonyl (C=O) groups is 1. The highest BCUT2D eigenvalue weighted by Crippen LogP contribution is 2.43. The molecule has 1 saturated heterocycles. The zero-order valence-corrected chi connectivity index (χ0v) is 13.4. The molecule has 0 amide bonds. The number of allylic oxidation sites excluding steroid dienone is 2. The minimum absolute atomic E-state index is 0.343. The summed E-state index contributed by atoms with van der Waals surface area (Å²) in [6.07, 6.45) is 3.27. The van der Waals surface area contributed by atoms with E-state index in [1.807, 2.05) is 33.8 Å². The smallest absolute Gasteiger partial charge is 0.468 e. The molecule has 0 aromatic heterocycles. The minimum atomic E-state index is -1.07. The summed E-state index contributed by atoms with van der Waals surface area (Å²) in [6, 6.07) is 2.11. The molecule has 1 unspecified atom stereocenters. The molecule has 114 valence electrons. The first-order valence-electron chi connectivity index (χ1n) is 7.22. The molecule has 1 aliphatic heterocycles. The van der Waals surface area contributed by atoms with Gasteiger partial charge < -0.3 is 14.0 Å². The predicted octanol–water partition coefficient (Wildman–Crippen LogP) is 2.41. The van der Waals surface area contributed by atoms with Crippen molar-refractivity contribution in [2.45, 2.75) is 58.2 Å². The van der Waals surface area contributed by atoms with E-state index < -0.39 is 18.5 Å². The quantitative estimate of drug-likeness (QED) is 0.577. The predicted molar refractivity (Wildman–Crippen MR) is 78.1 cm³/mol. The molecule has 1 aliphatic carbocycles. The number of ether oxygens (including phenoxy) is 1. The van der Waals surface area contributed by atoms with Gasteiger partial charge in [-0.05, 0) is 52.4 Å². The van der Waals surface area contributed by atoms with E-state index in [0.29, 0.717) is 19.3 Å². The molecular weight excluding hydrogens is 269 g/mol. The molecule has 1 atom stereocenters. The fourth-order valence-corrected chi connectivity index (χ4v) is 2.60. The van der Waals surface area contributed by atoms with Crippen molar-refractivity contribution < 1.29 is 18.8 Å². The zero-order valence-electron chi connectivity index (χ0n) is 13.4. The summed E-state index contributed by atoms with van der Waals surface area (Å²) in [4.78, 5) is 11.8. The largest absolute Gasteiger partial charge is 0.490 e. The summed E-state index contributed by atoms with van der Waals surface area (Å²) < 4.78 is 16.8. The highest BCUT2D eigenvalue weighted by atomic mass is 16.7. The number of rotatable bonds is 2. The number of esters is 1. The molecule has 21 heavy (non-hydrogen) atoms. The number of carbonyl (C=O) groups excluding carboxylic acids is 1. The third-order valence-electron chi connectivity index (χ3n) is 4.90. The van der Waals surface area contributed by atoms with E-state index in [1.54, 1.807) is 0 Å². The van der Waals surface area contributed by atoms with Gasteiger partial charge in [0.15, 0.2) is 5.41 Å². The summed E-state index contributed by atoms with van der Waals surface area (Å²) in [6.45, 7) is 8.02. The summed E-state index contributed by atoms with van der Waals surface area (Å²) in [5.41, 5.74) is -0.833. The van der Waals surface area contributed by atoms with E-state index in [1.165, 1.54) is 7.11 Å². The van der Waals surface area contributed by atoms with E-state index in [2.05, 4.69) is 6.07 Å². The van der Waals surface area contributed by atoms with Crippen LogP contribution >= 0.6 is 0 Å². The Labute approximate surface area is 126 Å². The molecule has 0 aromatic rings. The van der Waals surface area contributed by atoms with E-state index in [4.69, 9.17) is 14.0 Å². The normalized spacial score (nSPS) is 30.5. The number of nitriles is 1. The van der Waals surface area contributed by atoms with Gasteiger partial charge in [-0.15, -0.1) is 0 Å². The second-order valence-electron chi connectivity index (χ2n) is 6.76. The maximum atomic E-state index is 11.8. The summed E-state index contributed by atoms with van der Waals surface area (Å²) in [5.74, 6) is -0.464. The molecule has 1 fully saturated rings. The van der Waals surface area contributed by atoms with Crippen LogP contribution in [0.4, 0.5) is 0 Å². The van der Waals surface area contributed by atoms with Crippen LogP contribution < -0.4 is 0 Å². The van der Waals surface area contributed by atoms with Crippen LogP contribution in [-0.4, -0.2) is 31.4 Å². The van der Waals surface area contributed by atoms with Crippen LogP contribution in [0.5, 0.6) is 0 Å². The van der Waals surface area contributed by atoms with Crippen molar-refractivity contribution in [2.24, 2.45) is 5.41 Å². The van der Waals surface area contributed by atoms with Crippen molar-refractivity contribution in [3.05, 3.63) is 11.5 Å². The molecule has 0 bridgehead atoms. The van der Waals surface area contributed by atoms with Crippen LogP contribution in [0.25, 0.3) is 0 Å². The first kappa shape index (κ1) is 16.1. The number of hydrogen-bond acceptors (Lipinski definition) is 5. The summed E-state index contributed by atoms with van der Waals surface area (Å²) in [5, 5.41) is 9.32. The van der Waals surface area contributed by atoms with E-state index in [0.717, 1.165) is 5.47 Å². The van der Waals surface area contributed by atoms with Crippen molar-refractivity contribution in [3.8, 4) is 6.07 Å². The molecule has 0 radical (unpaired) electrons. The van der Waals surface area contributed by atoms with Gasteiger partial charge >= 0.3 is 13.1 Å². The van der Waals surface area contributed by atoms with Gasteiger partial charge in [-0.25, -0.2) is 0 Å². The van der Waals surface area contributed by atoms with Crippen molar-refractivity contribution in [3.63, 3.8) is 0 Å². The molecule has 0 aromatic carbocycles. The maximum Gasteiger partial charge on any atom is 0.490 e. The van der Waals surface area contributed by atoms with Gasteiger partial charge in [-0.3, -0.25) is 4.79 Å². The number of methoxy groups -OCH3 is 1. The Kier molecular flexibility index (Phi) is 3.94. The van der Waals surface area contributed by atoms with Gasteiger partial charge in [0, 0.05) is 0 Å². The first-order chi connectivity index (χ1) is 9.67. The lowest BCUT2D eigenvalue weighted by molar-refractivity contribution is -0.149. The highest BCUT2D eigenvalue weighted by Gasteiger charge is 2.53. The Hall–Kier alpha value is -1.32. The van der Waals surface area contributed by atoms with Gasteiger partial charge in [0.1, 0.15) is 0 Å². The molecule has 6 heteroatoms. The van der Waals surface area contributed by atoms with Crippen LogP contribution in [0, 0.1) is 16.7 Å². The van der Waals surface area contributed by atoms with Crippen molar-refractivity contribution in [1.82, 2.24) is 0 Å². The van der Waals surface area contributed by atoms with Crippen LogP contribution in [0.15, 0.2) is 11.5 Å². The monoisotopic (exact) mass is 291 g/mol. The molecule has 1 heterocycles.